The van der Waals surface area contributed by atoms with E-state index >= 15 is 0 Å². The van der Waals surface area contributed by atoms with Gasteiger partial charge in [-0.1, -0.05) is 0 Å². The molecule has 0 radical (unpaired) electrons. The summed E-state index contributed by atoms with van der Waals surface area (Å²) >= 11 is 0. The van der Waals surface area contributed by atoms with Crippen LogP contribution in [0.3, 0.4) is 0 Å². The van der Waals surface area contributed by atoms with Gasteiger partial charge in [0.1, 0.15) is 17.1 Å². The first-order valence-corrected chi connectivity index (χ1v) is 6.47. The van der Waals surface area contributed by atoms with Gasteiger partial charge in [0.2, 0.25) is 0 Å². The topological polar surface area (TPSA) is 25.6 Å². The average molecular weight is 245 g/mol. The lowest BCUT2D eigenvalue weighted by Gasteiger charge is -2.20. The van der Waals surface area contributed by atoms with Gasteiger partial charge >= 0.3 is 0 Å². The second-order valence-electron chi connectivity index (χ2n) is 5.15. The molecule has 0 fully saturated rings. The highest BCUT2D eigenvalue weighted by Crippen LogP contribution is 2.32. The molecule has 0 saturated heterocycles. The molecule has 1 aromatic carbocycles. The molecule has 96 valence electrons. The molecule has 3 heteroatoms. The van der Waals surface area contributed by atoms with Crippen molar-refractivity contribution in [3.05, 3.63) is 29.5 Å². The van der Waals surface area contributed by atoms with Crippen LogP contribution in [-0.2, 0) is 12.8 Å². The Morgan fingerprint density at radius 3 is 3.00 bits per heavy atom. The molecule has 1 aliphatic rings. The van der Waals surface area contributed by atoms with Gasteiger partial charge in [-0.2, -0.15) is 0 Å². The Balaban J connectivity index is 2.12. The average Bonchev–Trinajstić information content (AvgIpc) is 2.65. The van der Waals surface area contributed by atoms with E-state index in [9.17, 15) is 0 Å². The van der Waals surface area contributed by atoms with Crippen molar-refractivity contribution in [1.82, 2.24) is 4.90 Å². The molecule has 0 spiro atoms. The number of hydrogen-bond donors (Lipinski definition) is 0. The number of likely N-dealkylation sites (N-methyl/N-ethyl adjacent to an activating group) is 1. The van der Waals surface area contributed by atoms with E-state index in [0.29, 0.717) is 6.04 Å². The Hall–Kier alpha value is -1.48. The molecule has 3 nitrogen and oxygen atoms in total. The fourth-order valence-corrected chi connectivity index (χ4v) is 2.68. The van der Waals surface area contributed by atoms with E-state index in [1.165, 1.54) is 10.9 Å². The van der Waals surface area contributed by atoms with Gasteiger partial charge in [0, 0.05) is 30.0 Å². The van der Waals surface area contributed by atoms with Crippen LogP contribution in [-0.4, -0.2) is 31.6 Å². The van der Waals surface area contributed by atoms with Crippen LogP contribution in [0.25, 0.3) is 11.0 Å². The van der Waals surface area contributed by atoms with Gasteiger partial charge < -0.3 is 14.1 Å². The molecule has 0 saturated carbocycles. The third-order valence-electron chi connectivity index (χ3n) is 4.03. The minimum atomic E-state index is 0.536. The summed E-state index contributed by atoms with van der Waals surface area (Å²) in [6.07, 6.45) is 2.04. The lowest BCUT2D eigenvalue weighted by molar-refractivity contribution is 0.262. The first-order chi connectivity index (χ1) is 8.69. The van der Waals surface area contributed by atoms with Crippen LogP contribution in [0.1, 0.15) is 18.2 Å². The standard InChI is InChI=1S/C15H19NO2/c1-10-8-15-12(6-7-16(10)2)13-9-11(17-3)4-5-14(13)18-15/h4-5,9-10H,6-8H2,1-3H3. The summed E-state index contributed by atoms with van der Waals surface area (Å²) in [6.45, 7) is 3.34. The molecule has 18 heavy (non-hydrogen) atoms. The predicted molar refractivity (Wildman–Crippen MR) is 72.3 cm³/mol. The maximum Gasteiger partial charge on any atom is 0.134 e. The Bertz CT molecular complexity index is 573. The number of hydrogen-bond acceptors (Lipinski definition) is 3. The summed E-state index contributed by atoms with van der Waals surface area (Å²) in [7, 11) is 3.88. The fraction of sp³-hybridized carbons (Fsp3) is 0.467. The van der Waals surface area contributed by atoms with Crippen molar-refractivity contribution in [3.8, 4) is 5.75 Å². The van der Waals surface area contributed by atoms with Crippen LogP contribution >= 0.6 is 0 Å². The minimum Gasteiger partial charge on any atom is -0.497 e. The highest BCUT2D eigenvalue weighted by atomic mass is 16.5. The van der Waals surface area contributed by atoms with Crippen LogP contribution < -0.4 is 4.74 Å². The number of nitrogens with zero attached hydrogens (tertiary/aromatic N) is 1. The summed E-state index contributed by atoms with van der Waals surface area (Å²) in [5.74, 6) is 2.05. The zero-order valence-corrected chi connectivity index (χ0v) is 11.2. The van der Waals surface area contributed by atoms with Crippen molar-refractivity contribution in [1.29, 1.82) is 0 Å². The Morgan fingerprint density at radius 2 is 2.22 bits per heavy atom. The summed E-state index contributed by atoms with van der Waals surface area (Å²) < 4.78 is 11.3. The maximum atomic E-state index is 6.01. The second kappa shape index (κ2) is 4.32. The largest absolute Gasteiger partial charge is 0.497 e. The normalized spacial score (nSPS) is 20.7. The van der Waals surface area contributed by atoms with Gasteiger partial charge in [0.15, 0.2) is 0 Å². The lowest BCUT2D eigenvalue weighted by atomic mass is 10.1. The van der Waals surface area contributed by atoms with Gasteiger partial charge in [-0.05, 0) is 38.6 Å². The number of rotatable bonds is 1. The van der Waals surface area contributed by atoms with E-state index in [2.05, 4.69) is 24.9 Å². The van der Waals surface area contributed by atoms with Gasteiger partial charge in [-0.15, -0.1) is 0 Å². The highest BCUT2D eigenvalue weighted by molar-refractivity contribution is 5.84. The Kier molecular flexibility index (Phi) is 2.78. The van der Waals surface area contributed by atoms with Crippen LogP contribution in [0.4, 0.5) is 0 Å². The van der Waals surface area contributed by atoms with Gasteiger partial charge in [-0.3, -0.25) is 0 Å². The third-order valence-corrected chi connectivity index (χ3v) is 4.03. The van der Waals surface area contributed by atoms with Crippen molar-refractivity contribution in [2.24, 2.45) is 0 Å². The Labute approximate surface area is 107 Å². The van der Waals surface area contributed by atoms with Gasteiger partial charge in [0.05, 0.1) is 7.11 Å². The zero-order chi connectivity index (χ0) is 12.7. The first kappa shape index (κ1) is 11.6. The SMILES string of the molecule is COc1ccc2oc3c(c2c1)CCN(C)C(C)C3. The second-order valence-corrected chi connectivity index (χ2v) is 5.15. The van der Waals surface area contributed by atoms with Crippen molar-refractivity contribution in [2.75, 3.05) is 20.7 Å². The highest BCUT2D eigenvalue weighted by Gasteiger charge is 2.22. The van der Waals surface area contributed by atoms with Gasteiger partial charge in [0.25, 0.3) is 0 Å². The molecule has 2 heterocycles. The van der Waals surface area contributed by atoms with E-state index in [4.69, 9.17) is 9.15 Å². The van der Waals surface area contributed by atoms with E-state index < -0.39 is 0 Å². The molecule has 0 amide bonds. The van der Waals surface area contributed by atoms with Crippen molar-refractivity contribution < 1.29 is 9.15 Å². The monoisotopic (exact) mass is 245 g/mol. The molecule has 1 unspecified atom stereocenters. The summed E-state index contributed by atoms with van der Waals surface area (Å²) in [5, 5.41) is 1.21. The quantitative estimate of drug-likeness (QED) is 0.772. The number of fused-ring (bicyclic) bond motifs is 3. The molecule has 0 N–H and O–H groups in total. The smallest absolute Gasteiger partial charge is 0.134 e. The maximum absolute atomic E-state index is 6.01. The van der Waals surface area contributed by atoms with Crippen LogP contribution in [0.5, 0.6) is 5.75 Å². The van der Waals surface area contributed by atoms with E-state index in [-0.39, 0.29) is 0 Å². The van der Waals surface area contributed by atoms with E-state index in [0.717, 1.165) is 36.5 Å². The van der Waals surface area contributed by atoms with Crippen molar-refractivity contribution in [3.63, 3.8) is 0 Å². The predicted octanol–water partition coefficient (Wildman–Crippen LogP) is 2.86. The van der Waals surface area contributed by atoms with Gasteiger partial charge in [-0.25, -0.2) is 0 Å². The number of benzene rings is 1. The summed E-state index contributed by atoms with van der Waals surface area (Å²) in [5.41, 5.74) is 2.35. The molecule has 3 rings (SSSR count). The molecular formula is C15H19NO2. The third kappa shape index (κ3) is 1.79. The molecule has 1 atom stereocenters. The first-order valence-electron chi connectivity index (χ1n) is 6.47. The van der Waals surface area contributed by atoms with Crippen molar-refractivity contribution in [2.45, 2.75) is 25.8 Å². The molecule has 2 aromatic rings. The number of ether oxygens (including phenoxy) is 1. The van der Waals surface area contributed by atoms with Crippen molar-refractivity contribution >= 4 is 11.0 Å². The summed E-state index contributed by atoms with van der Waals surface area (Å²) in [6, 6.07) is 6.60. The van der Waals surface area contributed by atoms with E-state index in [1.54, 1.807) is 7.11 Å². The summed E-state index contributed by atoms with van der Waals surface area (Å²) in [4.78, 5) is 2.39. The lowest BCUT2D eigenvalue weighted by Crippen LogP contribution is -2.30. The van der Waals surface area contributed by atoms with E-state index in [1.807, 2.05) is 12.1 Å². The minimum absolute atomic E-state index is 0.536. The number of furan rings is 1. The van der Waals surface area contributed by atoms with Crippen LogP contribution in [0, 0.1) is 0 Å². The Morgan fingerprint density at radius 1 is 1.39 bits per heavy atom. The molecular weight excluding hydrogens is 226 g/mol. The molecule has 0 aliphatic carbocycles. The zero-order valence-electron chi connectivity index (χ0n) is 11.2. The fourth-order valence-electron chi connectivity index (χ4n) is 2.68. The molecule has 1 aliphatic heterocycles. The van der Waals surface area contributed by atoms with Crippen LogP contribution in [0.15, 0.2) is 22.6 Å². The van der Waals surface area contributed by atoms with Crippen LogP contribution in [0.2, 0.25) is 0 Å². The molecule has 0 bridgehead atoms. The number of methoxy groups -OCH3 is 1. The molecule has 1 aromatic heterocycles.